The van der Waals surface area contributed by atoms with Gasteiger partial charge < -0.3 is 20.7 Å². The fourth-order valence-electron chi connectivity index (χ4n) is 3.64. The second-order valence-electron chi connectivity index (χ2n) is 8.63. The summed E-state index contributed by atoms with van der Waals surface area (Å²) in [6.45, 7) is 0.228. The van der Waals surface area contributed by atoms with E-state index in [-0.39, 0.29) is 32.1 Å². The van der Waals surface area contributed by atoms with E-state index in [1.807, 2.05) is 0 Å². The number of hydroxylamine groups is 1. The van der Waals surface area contributed by atoms with E-state index in [0.29, 0.717) is 23.3 Å². The molecule has 0 spiro atoms. The van der Waals surface area contributed by atoms with Crippen LogP contribution < -0.4 is 16.0 Å². The first-order valence-corrected chi connectivity index (χ1v) is 15.0. The van der Waals surface area contributed by atoms with E-state index in [4.69, 9.17) is 30.6 Å². The molecule has 0 radical (unpaired) electrons. The highest BCUT2D eigenvalue weighted by Crippen LogP contribution is 2.33. The van der Waals surface area contributed by atoms with Crippen LogP contribution in [0.2, 0.25) is 0 Å². The van der Waals surface area contributed by atoms with Crippen LogP contribution in [0.4, 0.5) is 13.2 Å². The van der Waals surface area contributed by atoms with Crippen molar-refractivity contribution in [2.45, 2.75) is 41.4 Å². The van der Waals surface area contributed by atoms with Crippen LogP contribution in [0.5, 0.6) is 5.75 Å². The number of fused-ring (bicyclic) bond motifs is 1. The average Bonchev–Trinajstić information content (AvgIpc) is 2.89. The molecule has 0 aromatic heterocycles. The largest absolute Gasteiger partial charge is 0.493 e. The zero-order valence-corrected chi connectivity index (χ0v) is 23.4. The predicted molar refractivity (Wildman–Crippen MR) is 139 cm³/mol. The molecular weight excluding hydrogens is 613 g/mol. The molecule has 0 fully saturated rings. The van der Waals surface area contributed by atoms with Crippen molar-refractivity contribution in [3.8, 4) is 5.75 Å². The Morgan fingerprint density at radius 3 is 2.19 bits per heavy atom. The third-order valence-corrected chi connectivity index (χ3v) is 8.67. The fourth-order valence-corrected chi connectivity index (χ4v) is 6.80. The van der Waals surface area contributed by atoms with Gasteiger partial charge in [-0.3, -0.25) is 15.0 Å². The smallest absolute Gasteiger partial charge is 0.490 e. The lowest BCUT2D eigenvalue weighted by Crippen LogP contribution is -2.48. The highest BCUT2D eigenvalue weighted by Gasteiger charge is 2.41. The van der Waals surface area contributed by atoms with Crippen molar-refractivity contribution < 1.29 is 59.4 Å². The number of sulfone groups is 1. The molecule has 1 atom stereocenters. The third-order valence-electron chi connectivity index (χ3n) is 5.47. The number of nitrogens with two attached hydrogens (primary N) is 1. The maximum atomic E-state index is 13.5. The van der Waals surface area contributed by atoms with Gasteiger partial charge in [-0.15, -0.1) is 0 Å². The first-order valence-electron chi connectivity index (χ1n) is 11.7. The first-order chi connectivity index (χ1) is 19.4. The molecule has 19 heteroatoms. The van der Waals surface area contributed by atoms with E-state index in [0.717, 1.165) is 16.6 Å². The highest BCUT2D eigenvalue weighted by atomic mass is 32.2. The van der Waals surface area contributed by atoms with Crippen molar-refractivity contribution in [2.24, 2.45) is 5.73 Å². The van der Waals surface area contributed by atoms with Gasteiger partial charge in [-0.05, 0) is 35.4 Å². The van der Waals surface area contributed by atoms with Crippen LogP contribution in [-0.4, -0.2) is 80.9 Å². The molecule has 232 valence electrons. The maximum absolute atomic E-state index is 13.5. The van der Waals surface area contributed by atoms with Gasteiger partial charge in [-0.25, -0.2) is 27.1 Å². The van der Waals surface area contributed by atoms with Gasteiger partial charge >= 0.3 is 18.1 Å². The molecule has 2 aromatic carbocycles. The van der Waals surface area contributed by atoms with Crippen LogP contribution >= 0.6 is 0 Å². The van der Waals surface area contributed by atoms with Crippen LogP contribution in [0.25, 0.3) is 0 Å². The van der Waals surface area contributed by atoms with Crippen LogP contribution in [0.1, 0.15) is 17.5 Å². The summed E-state index contributed by atoms with van der Waals surface area (Å²) in [6.07, 6.45) is -3.80. The molecule has 0 aliphatic carbocycles. The van der Waals surface area contributed by atoms with Gasteiger partial charge in [-0.2, -0.15) is 17.5 Å². The topological polar surface area (TPSA) is 226 Å². The number of guanidine groups is 1. The van der Waals surface area contributed by atoms with E-state index < -0.39 is 53.8 Å². The zero-order chi connectivity index (χ0) is 31.9. The highest BCUT2D eigenvalue weighted by molar-refractivity contribution is 7.93. The van der Waals surface area contributed by atoms with Gasteiger partial charge in [0.1, 0.15) is 16.7 Å². The number of ether oxygens (including phenoxy) is 1. The number of halogens is 3. The Bertz CT molecular complexity index is 1530. The summed E-state index contributed by atoms with van der Waals surface area (Å²) in [6, 6.07) is 8.70. The van der Waals surface area contributed by atoms with Crippen molar-refractivity contribution in [2.75, 3.05) is 19.5 Å². The number of nitrogens with one attached hydrogen (secondary N) is 2. The zero-order valence-electron chi connectivity index (χ0n) is 21.8. The number of hydrogen-bond donors (Lipinski definition) is 5. The quantitative estimate of drug-likeness (QED) is 0.107. The summed E-state index contributed by atoms with van der Waals surface area (Å²) in [4.78, 5) is 24.9. The van der Waals surface area contributed by atoms with Crippen molar-refractivity contribution in [1.82, 2.24) is 9.79 Å². The molecule has 6 N–H and O–H groups in total. The summed E-state index contributed by atoms with van der Waals surface area (Å²) in [5, 5.41) is 23.9. The molecule has 1 heterocycles. The summed E-state index contributed by atoms with van der Waals surface area (Å²) >= 11 is 0. The van der Waals surface area contributed by atoms with Crippen molar-refractivity contribution in [3.05, 3.63) is 53.6 Å². The van der Waals surface area contributed by atoms with Crippen LogP contribution in [0.15, 0.2) is 52.3 Å². The molecule has 0 saturated heterocycles. The van der Waals surface area contributed by atoms with Crippen LogP contribution in [0, 0.1) is 5.41 Å². The van der Waals surface area contributed by atoms with E-state index in [1.165, 1.54) is 18.2 Å². The van der Waals surface area contributed by atoms with Crippen molar-refractivity contribution in [3.63, 3.8) is 0 Å². The van der Waals surface area contributed by atoms with Crippen molar-refractivity contribution in [1.29, 1.82) is 5.41 Å². The molecule has 42 heavy (non-hydrogen) atoms. The van der Waals surface area contributed by atoms with E-state index in [2.05, 4.69) is 5.48 Å². The van der Waals surface area contributed by atoms with E-state index in [1.54, 1.807) is 18.2 Å². The number of carboxylic acids is 2. The number of carbonyl (C=O) groups is 2. The number of carboxylic acid groups (broad SMARTS) is 2. The molecule has 2 aromatic rings. The normalized spacial score (nSPS) is 15.5. The summed E-state index contributed by atoms with van der Waals surface area (Å²) in [5.41, 5.74) is 8.51. The number of benzene rings is 2. The van der Waals surface area contributed by atoms with Gasteiger partial charge in [0.25, 0.3) is 0 Å². The Hall–Kier alpha value is -3.94. The van der Waals surface area contributed by atoms with Gasteiger partial charge in [0, 0.05) is 25.6 Å². The van der Waals surface area contributed by atoms with Gasteiger partial charge in [0.2, 0.25) is 16.0 Å². The van der Waals surface area contributed by atoms with Crippen LogP contribution in [0.3, 0.4) is 0 Å². The number of nitrogens with zero attached hydrogens (tertiary/aromatic N) is 1. The minimum absolute atomic E-state index is 0.0875. The Morgan fingerprint density at radius 1 is 1.07 bits per heavy atom. The Morgan fingerprint density at radius 2 is 1.67 bits per heavy atom. The standard InChI is InChI=1S/C21H26N4O8S2.C2HF3O2/c1-34(28,29)18-5-2-3-6-19(18)35(30,31)25-13-15-11-16(32-9-4-10-33-24-21(22)23)8-7-14(15)12-17(25)20(26)27;3-2(4,5)1(6)7/h2-3,5-8,11,17H,4,9-10,12-13H2,1H3,(H,26,27)(H4,22,23,24);(H,6,7)/t17-;/m0./s1. The number of alkyl halides is 3. The Labute approximate surface area is 238 Å². The van der Waals surface area contributed by atoms with Gasteiger partial charge in [0.05, 0.1) is 18.1 Å². The number of sulfonamides is 1. The molecule has 1 aliphatic rings. The number of hydrogen-bond acceptors (Lipinski definition) is 9. The Balaban J connectivity index is 0.000000782. The van der Waals surface area contributed by atoms with E-state index in [9.17, 15) is 39.9 Å². The second-order valence-corrected chi connectivity index (χ2v) is 12.5. The molecule has 0 unspecified atom stereocenters. The maximum Gasteiger partial charge on any atom is 0.490 e. The number of rotatable bonds is 10. The summed E-state index contributed by atoms with van der Waals surface area (Å²) < 4.78 is 89.6. The van der Waals surface area contributed by atoms with Crippen LogP contribution in [-0.2, 0) is 47.3 Å². The van der Waals surface area contributed by atoms with Gasteiger partial charge in [-0.1, -0.05) is 18.2 Å². The Kier molecular flexibility index (Phi) is 11.3. The van der Waals surface area contributed by atoms with Gasteiger partial charge in [0.15, 0.2) is 9.84 Å². The average molecular weight is 641 g/mol. The minimum atomic E-state index is -5.08. The molecule has 0 amide bonds. The molecule has 14 nitrogen and oxygen atoms in total. The molecule has 3 rings (SSSR count). The third kappa shape index (κ3) is 9.29. The van der Waals surface area contributed by atoms with E-state index >= 15 is 0 Å². The fraction of sp³-hybridized carbons (Fsp3) is 0.348. The molecule has 0 bridgehead atoms. The van der Waals surface area contributed by atoms with Crippen molar-refractivity contribution >= 4 is 37.8 Å². The SMILES string of the molecule is CS(=O)(=O)c1ccccc1S(=O)(=O)N1Cc2cc(OCCCONC(=N)N)ccc2C[C@H]1C(=O)O.O=C(O)C(F)(F)F. The minimum Gasteiger partial charge on any atom is -0.493 e. The lowest BCUT2D eigenvalue weighted by Gasteiger charge is -2.34. The summed E-state index contributed by atoms with van der Waals surface area (Å²) in [5.74, 6) is -3.96. The lowest BCUT2D eigenvalue weighted by molar-refractivity contribution is -0.192. The first kappa shape index (κ1) is 34.3. The molecule has 1 aliphatic heterocycles. The lowest BCUT2D eigenvalue weighted by atomic mass is 9.95. The number of aliphatic carboxylic acids is 2. The second kappa shape index (κ2) is 13.8. The molecule has 0 saturated carbocycles. The predicted octanol–water partition coefficient (Wildman–Crippen LogP) is 1.11. The monoisotopic (exact) mass is 640 g/mol. The summed E-state index contributed by atoms with van der Waals surface area (Å²) in [7, 11) is -8.37. The molecular formula is C23H27F3N4O10S2.